The van der Waals surface area contributed by atoms with Gasteiger partial charge in [-0.15, -0.1) is 0 Å². The van der Waals surface area contributed by atoms with E-state index >= 15 is 0 Å². The fourth-order valence-corrected chi connectivity index (χ4v) is 1.22. The van der Waals surface area contributed by atoms with Crippen molar-refractivity contribution in [2.24, 2.45) is 0 Å². The molecular weight excluding hydrogens is 285 g/mol. The number of ether oxygens (including phenoxy) is 1. The fraction of sp³-hybridized carbons (Fsp3) is 0.700. The highest BCUT2D eigenvalue weighted by Crippen LogP contribution is 2.15. The predicted octanol–water partition coefficient (Wildman–Crippen LogP) is 0.597. The van der Waals surface area contributed by atoms with Gasteiger partial charge in [-0.25, -0.2) is 9.59 Å². The molecule has 0 rings (SSSR count). The van der Waals surface area contributed by atoms with Crippen LogP contribution >= 0.6 is 0 Å². The summed E-state index contributed by atoms with van der Waals surface area (Å²) in [6, 6.07) is -2.67. The number of nitrogens with zero attached hydrogens (tertiary/aromatic N) is 1. The molecule has 0 saturated carbocycles. The number of rotatable bonds is 6. The standard InChI is InChI=1S/C10H15F3N2O5/c1-15(5-10(11,12)13)9(19)14-6(8(17)18)3-4-7(16)20-2/h6H,3-5H2,1-2H3,(H,14,19)(H,17,18)/t6-/m1/s1. The van der Waals surface area contributed by atoms with Crippen molar-refractivity contribution >= 4 is 18.0 Å². The van der Waals surface area contributed by atoms with E-state index in [9.17, 15) is 27.6 Å². The number of amides is 2. The SMILES string of the molecule is COC(=O)CC[C@@H](NC(=O)N(C)CC(F)(F)F)C(=O)O. The third kappa shape index (κ3) is 7.44. The zero-order valence-corrected chi connectivity index (χ0v) is 10.9. The van der Waals surface area contributed by atoms with Crippen molar-refractivity contribution in [1.29, 1.82) is 0 Å². The smallest absolute Gasteiger partial charge is 0.406 e. The summed E-state index contributed by atoms with van der Waals surface area (Å²) in [6.45, 7) is -1.51. The highest BCUT2D eigenvalue weighted by Gasteiger charge is 2.32. The molecule has 0 heterocycles. The molecule has 0 bridgehead atoms. The molecule has 0 aliphatic rings. The number of alkyl halides is 3. The molecule has 0 aromatic rings. The Hall–Kier alpha value is -2.00. The van der Waals surface area contributed by atoms with Crippen LogP contribution in [0.1, 0.15) is 12.8 Å². The van der Waals surface area contributed by atoms with Gasteiger partial charge in [0.1, 0.15) is 12.6 Å². The number of carbonyl (C=O) groups excluding carboxylic acids is 2. The first-order chi connectivity index (χ1) is 9.06. The van der Waals surface area contributed by atoms with E-state index in [2.05, 4.69) is 4.74 Å². The summed E-state index contributed by atoms with van der Waals surface area (Å²) in [4.78, 5) is 33.4. The number of hydrogen-bond donors (Lipinski definition) is 2. The first-order valence-corrected chi connectivity index (χ1v) is 5.45. The van der Waals surface area contributed by atoms with Crippen LogP contribution in [0, 0.1) is 0 Å². The molecule has 0 fully saturated rings. The molecule has 0 saturated heterocycles. The molecular formula is C10H15F3N2O5. The Bertz CT molecular complexity index is 372. The van der Waals surface area contributed by atoms with Crippen molar-refractivity contribution in [3.8, 4) is 0 Å². The van der Waals surface area contributed by atoms with Crippen molar-refractivity contribution in [3.05, 3.63) is 0 Å². The molecule has 1 atom stereocenters. The van der Waals surface area contributed by atoms with E-state index in [1.807, 2.05) is 5.32 Å². The van der Waals surface area contributed by atoms with Gasteiger partial charge in [-0.3, -0.25) is 4.79 Å². The monoisotopic (exact) mass is 300 g/mol. The Morgan fingerprint density at radius 3 is 2.30 bits per heavy atom. The lowest BCUT2D eigenvalue weighted by Gasteiger charge is -2.22. The topological polar surface area (TPSA) is 95.9 Å². The van der Waals surface area contributed by atoms with Gasteiger partial charge in [0.25, 0.3) is 0 Å². The summed E-state index contributed by atoms with van der Waals surface area (Å²) in [7, 11) is 1.98. The molecule has 7 nitrogen and oxygen atoms in total. The van der Waals surface area contributed by atoms with Crippen molar-refractivity contribution in [3.63, 3.8) is 0 Å². The highest BCUT2D eigenvalue weighted by molar-refractivity contribution is 5.83. The van der Waals surface area contributed by atoms with Crippen LogP contribution in [0.25, 0.3) is 0 Å². The molecule has 2 N–H and O–H groups in total. The molecule has 0 aromatic heterocycles. The van der Waals surface area contributed by atoms with Gasteiger partial charge in [0.2, 0.25) is 0 Å². The minimum Gasteiger partial charge on any atom is -0.480 e. The van der Waals surface area contributed by atoms with Gasteiger partial charge in [0, 0.05) is 13.5 Å². The lowest BCUT2D eigenvalue weighted by Crippen LogP contribution is -2.49. The zero-order chi connectivity index (χ0) is 15.9. The van der Waals surface area contributed by atoms with E-state index in [4.69, 9.17) is 5.11 Å². The molecule has 20 heavy (non-hydrogen) atoms. The third-order valence-electron chi connectivity index (χ3n) is 2.22. The lowest BCUT2D eigenvalue weighted by atomic mass is 10.1. The Balaban J connectivity index is 4.48. The van der Waals surface area contributed by atoms with Crippen LogP contribution in [0.2, 0.25) is 0 Å². The van der Waals surface area contributed by atoms with E-state index in [0.29, 0.717) is 4.90 Å². The quantitative estimate of drug-likeness (QED) is 0.700. The summed E-state index contributed by atoms with van der Waals surface area (Å²) >= 11 is 0. The van der Waals surface area contributed by atoms with Gasteiger partial charge in [-0.05, 0) is 6.42 Å². The number of urea groups is 1. The number of carbonyl (C=O) groups is 3. The average Bonchev–Trinajstić information content (AvgIpc) is 2.30. The van der Waals surface area contributed by atoms with Crippen LogP contribution in [0.4, 0.5) is 18.0 Å². The van der Waals surface area contributed by atoms with Crippen LogP contribution in [0.3, 0.4) is 0 Å². The number of aliphatic carboxylic acids is 1. The van der Waals surface area contributed by atoms with Gasteiger partial charge in [-0.1, -0.05) is 0 Å². The number of carboxylic acid groups (broad SMARTS) is 1. The molecule has 10 heteroatoms. The van der Waals surface area contributed by atoms with Gasteiger partial charge in [0.05, 0.1) is 7.11 Å². The molecule has 0 aliphatic heterocycles. The maximum absolute atomic E-state index is 12.1. The van der Waals surface area contributed by atoms with Crippen molar-refractivity contribution < 1.29 is 37.4 Å². The lowest BCUT2D eigenvalue weighted by molar-refractivity contribution is -0.142. The molecule has 0 spiro atoms. The van der Waals surface area contributed by atoms with Crippen LogP contribution in [0.15, 0.2) is 0 Å². The Kier molecular flexibility index (Phi) is 6.80. The van der Waals surface area contributed by atoms with Crippen LogP contribution in [-0.4, -0.2) is 60.9 Å². The van der Waals surface area contributed by atoms with E-state index < -0.39 is 36.7 Å². The summed E-state index contributed by atoms with van der Waals surface area (Å²) in [6.07, 6.45) is -5.15. The second-order valence-electron chi connectivity index (χ2n) is 3.93. The summed E-state index contributed by atoms with van der Waals surface area (Å²) in [5.41, 5.74) is 0. The van der Waals surface area contributed by atoms with Gasteiger partial charge in [0.15, 0.2) is 0 Å². The Morgan fingerprint density at radius 1 is 1.35 bits per heavy atom. The highest BCUT2D eigenvalue weighted by atomic mass is 19.4. The summed E-state index contributed by atoms with van der Waals surface area (Å²) in [5.74, 6) is -2.14. The Morgan fingerprint density at radius 2 is 1.90 bits per heavy atom. The maximum atomic E-state index is 12.1. The predicted molar refractivity (Wildman–Crippen MR) is 59.9 cm³/mol. The second kappa shape index (κ2) is 7.56. The number of methoxy groups -OCH3 is 1. The average molecular weight is 300 g/mol. The zero-order valence-electron chi connectivity index (χ0n) is 10.9. The van der Waals surface area contributed by atoms with E-state index in [1.54, 1.807) is 0 Å². The number of halogens is 3. The number of esters is 1. The number of nitrogens with one attached hydrogen (secondary N) is 1. The summed E-state index contributed by atoms with van der Waals surface area (Å²) in [5, 5.41) is 10.7. The minimum atomic E-state index is -4.59. The second-order valence-corrected chi connectivity index (χ2v) is 3.93. The van der Waals surface area contributed by atoms with Crippen LogP contribution < -0.4 is 5.32 Å². The Labute approximate surface area is 112 Å². The third-order valence-corrected chi connectivity index (χ3v) is 2.22. The van der Waals surface area contributed by atoms with E-state index in [-0.39, 0.29) is 12.8 Å². The van der Waals surface area contributed by atoms with Crippen molar-refractivity contribution in [2.75, 3.05) is 20.7 Å². The maximum Gasteiger partial charge on any atom is 0.406 e. The minimum absolute atomic E-state index is 0.281. The summed E-state index contributed by atoms with van der Waals surface area (Å²) < 4.78 is 40.5. The van der Waals surface area contributed by atoms with E-state index in [0.717, 1.165) is 14.2 Å². The van der Waals surface area contributed by atoms with Crippen molar-refractivity contribution in [1.82, 2.24) is 10.2 Å². The van der Waals surface area contributed by atoms with E-state index in [1.165, 1.54) is 0 Å². The largest absolute Gasteiger partial charge is 0.480 e. The van der Waals surface area contributed by atoms with Crippen molar-refractivity contribution in [2.45, 2.75) is 25.1 Å². The van der Waals surface area contributed by atoms with Gasteiger partial charge in [-0.2, -0.15) is 13.2 Å². The first kappa shape index (κ1) is 18.0. The number of hydrogen-bond acceptors (Lipinski definition) is 4. The first-order valence-electron chi connectivity index (χ1n) is 5.45. The molecule has 0 aromatic carbocycles. The molecule has 0 radical (unpaired) electrons. The van der Waals surface area contributed by atoms with Gasteiger partial charge >= 0.3 is 24.1 Å². The van der Waals surface area contributed by atoms with Crippen LogP contribution in [0.5, 0.6) is 0 Å². The van der Waals surface area contributed by atoms with Gasteiger partial charge < -0.3 is 20.1 Å². The molecule has 2 amide bonds. The normalized spacial score (nSPS) is 12.4. The number of carboxylic acids is 1. The molecule has 0 aliphatic carbocycles. The fourth-order valence-electron chi connectivity index (χ4n) is 1.22. The molecule has 0 unspecified atom stereocenters. The molecule has 116 valence electrons. The van der Waals surface area contributed by atoms with Crippen LogP contribution in [-0.2, 0) is 14.3 Å².